The standard InChI is InChI=1S/C14H20N2O2/c1-11(17)16(13-7-9-15-10-8-13)12-3-5-14(18-2)6-4-12/h3-6,13,15H,7-10H2,1-2H3. The molecule has 0 spiro atoms. The molecule has 0 aliphatic carbocycles. The molecule has 2 rings (SSSR count). The fourth-order valence-corrected chi connectivity index (χ4v) is 2.46. The summed E-state index contributed by atoms with van der Waals surface area (Å²) in [6.07, 6.45) is 2.01. The summed E-state index contributed by atoms with van der Waals surface area (Å²) >= 11 is 0. The number of ether oxygens (including phenoxy) is 1. The Kier molecular flexibility index (Phi) is 4.20. The number of piperidine rings is 1. The molecule has 0 atom stereocenters. The molecule has 4 heteroatoms. The second-order valence-corrected chi connectivity index (χ2v) is 4.57. The molecule has 1 heterocycles. The van der Waals surface area contributed by atoms with Crippen LogP contribution in [0.1, 0.15) is 19.8 Å². The van der Waals surface area contributed by atoms with Gasteiger partial charge in [-0.15, -0.1) is 0 Å². The van der Waals surface area contributed by atoms with E-state index in [2.05, 4.69) is 5.32 Å². The molecule has 0 aromatic heterocycles. The molecule has 0 radical (unpaired) electrons. The number of nitrogens with one attached hydrogen (secondary N) is 1. The van der Waals surface area contributed by atoms with Crippen molar-refractivity contribution in [3.8, 4) is 5.75 Å². The molecule has 0 unspecified atom stereocenters. The van der Waals surface area contributed by atoms with Gasteiger partial charge >= 0.3 is 0 Å². The van der Waals surface area contributed by atoms with E-state index in [1.54, 1.807) is 14.0 Å². The van der Waals surface area contributed by atoms with E-state index in [9.17, 15) is 4.79 Å². The summed E-state index contributed by atoms with van der Waals surface area (Å²) in [5.41, 5.74) is 0.954. The molecule has 0 saturated carbocycles. The van der Waals surface area contributed by atoms with Crippen LogP contribution in [-0.4, -0.2) is 32.1 Å². The number of rotatable bonds is 3. The predicted octanol–water partition coefficient (Wildman–Crippen LogP) is 1.80. The minimum absolute atomic E-state index is 0.104. The molecule has 1 fully saturated rings. The average molecular weight is 248 g/mol. The number of methoxy groups -OCH3 is 1. The first kappa shape index (κ1) is 12.9. The van der Waals surface area contributed by atoms with Crippen molar-refractivity contribution in [2.45, 2.75) is 25.8 Å². The zero-order valence-electron chi connectivity index (χ0n) is 11.0. The van der Waals surface area contributed by atoms with Crippen molar-refractivity contribution >= 4 is 11.6 Å². The zero-order valence-corrected chi connectivity index (χ0v) is 11.0. The van der Waals surface area contributed by atoms with E-state index in [1.165, 1.54) is 0 Å². The molecular weight excluding hydrogens is 228 g/mol. The van der Waals surface area contributed by atoms with Gasteiger partial charge in [-0.3, -0.25) is 4.79 Å². The molecule has 1 N–H and O–H groups in total. The topological polar surface area (TPSA) is 41.6 Å². The molecule has 1 aromatic rings. The quantitative estimate of drug-likeness (QED) is 0.887. The van der Waals surface area contributed by atoms with Gasteiger partial charge in [0.15, 0.2) is 0 Å². The molecule has 1 aliphatic rings. The maximum atomic E-state index is 11.9. The van der Waals surface area contributed by atoms with E-state index in [-0.39, 0.29) is 5.91 Å². The lowest BCUT2D eigenvalue weighted by Crippen LogP contribution is -2.45. The fraction of sp³-hybridized carbons (Fsp3) is 0.500. The lowest BCUT2D eigenvalue weighted by atomic mass is 10.0. The molecule has 98 valence electrons. The summed E-state index contributed by atoms with van der Waals surface area (Å²) in [7, 11) is 1.64. The van der Waals surface area contributed by atoms with Crippen LogP contribution in [0, 0.1) is 0 Å². The number of carbonyl (C=O) groups is 1. The summed E-state index contributed by atoms with van der Waals surface area (Å²) in [4.78, 5) is 13.8. The fourth-order valence-electron chi connectivity index (χ4n) is 2.46. The van der Waals surface area contributed by atoms with Crippen molar-refractivity contribution in [1.82, 2.24) is 5.32 Å². The highest BCUT2D eigenvalue weighted by atomic mass is 16.5. The molecule has 1 amide bonds. The largest absolute Gasteiger partial charge is 0.497 e. The van der Waals surface area contributed by atoms with Gasteiger partial charge in [-0.25, -0.2) is 0 Å². The van der Waals surface area contributed by atoms with Crippen molar-refractivity contribution in [2.24, 2.45) is 0 Å². The van der Waals surface area contributed by atoms with Crippen LogP contribution in [0.3, 0.4) is 0 Å². The highest BCUT2D eigenvalue weighted by Gasteiger charge is 2.24. The zero-order chi connectivity index (χ0) is 13.0. The van der Waals surface area contributed by atoms with Crippen molar-refractivity contribution in [1.29, 1.82) is 0 Å². The van der Waals surface area contributed by atoms with Crippen molar-refractivity contribution in [3.05, 3.63) is 24.3 Å². The first-order valence-corrected chi connectivity index (χ1v) is 6.37. The third-order valence-corrected chi connectivity index (χ3v) is 3.36. The van der Waals surface area contributed by atoms with Crippen molar-refractivity contribution in [3.63, 3.8) is 0 Å². The Bertz CT molecular complexity index is 397. The Balaban J connectivity index is 2.20. The minimum Gasteiger partial charge on any atom is -0.497 e. The number of amides is 1. The SMILES string of the molecule is COc1ccc(N(C(C)=O)C2CCNCC2)cc1. The average Bonchev–Trinajstić information content (AvgIpc) is 2.40. The van der Waals surface area contributed by atoms with Crippen molar-refractivity contribution in [2.75, 3.05) is 25.1 Å². The Morgan fingerprint density at radius 3 is 2.39 bits per heavy atom. The van der Waals surface area contributed by atoms with E-state index < -0.39 is 0 Å². The summed E-state index contributed by atoms with van der Waals surface area (Å²) in [5, 5.41) is 3.32. The van der Waals surface area contributed by atoms with E-state index in [1.807, 2.05) is 29.2 Å². The van der Waals surface area contributed by atoms with Gasteiger partial charge in [0.1, 0.15) is 5.75 Å². The van der Waals surface area contributed by atoms with E-state index in [0.717, 1.165) is 37.4 Å². The van der Waals surface area contributed by atoms with Crippen molar-refractivity contribution < 1.29 is 9.53 Å². The predicted molar refractivity (Wildman–Crippen MR) is 72.0 cm³/mol. The Hall–Kier alpha value is -1.55. The number of benzene rings is 1. The highest BCUT2D eigenvalue weighted by molar-refractivity contribution is 5.92. The minimum atomic E-state index is 0.104. The molecule has 1 aromatic carbocycles. The third-order valence-electron chi connectivity index (χ3n) is 3.36. The van der Waals surface area contributed by atoms with Crippen LogP contribution in [0.4, 0.5) is 5.69 Å². The molecule has 1 saturated heterocycles. The van der Waals surface area contributed by atoms with Gasteiger partial charge < -0.3 is 15.0 Å². The maximum Gasteiger partial charge on any atom is 0.224 e. The maximum absolute atomic E-state index is 11.9. The number of nitrogens with zero attached hydrogens (tertiary/aromatic N) is 1. The van der Waals surface area contributed by atoms with Gasteiger partial charge in [0.05, 0.1) is 7.11 Å². The van der Waals surface area contributed by atoms with Gasteiger partial charge in [-0.05, 0) is 50.2 Å². The Morgan fingerprint density at radius 1 is 1.28 bits per heavy atom. The molecule has 4 nitrogen and oxygen atoms in total. The van der Waals surface area contributed by atoms with E-state index in [0.29, 0.717) is 6.04 Å². The van der Waals surface area contributed by atoms with Gasteiger partial charge in [-0.2, -0.15) is 0 Å². The summed E-state index contributed by atoms with van der Waals surface area (Å²) in [6.45, 7) is 3.58. The smallest absolute Gasteiger partial charge is 0.224 e. The normalized spacial score (nSPS) is 16.3. The van der Waals surface area contributed by atoms with E-state index in [4.69, 9.17) is 4.74 Å². The first-order valence-electron chi connectivity index (χ1n) is 6.37. The Labute approximate surface area is 108 Å². The highest BCUT2D eigenvalue weighted by Crippen LogP contribution is 2.24. The summed E-state index contributed by atoms with van der Waals surface area (Å²) in [6, 6.07) is 7.99. The van der Waals surface area contributed by atoms with Crippen LogP contribution in [0.25, 0.3) is 0 Å². The second-order valence-electron chi connectivity index (χ2n) is 4.57. The van der Waals surface area contributed by atoms with Gasteiger partial charge in [0.25, 0.3) is 0 Å². The van der Waals surface area contributed by atoms with Crippen LogP contribution < -0.4 is 15.0 Å². The van der Waals surface area contributed by atoms with Crippen LogP contribution in [0.2, 0.25) is 0 Å². The molecule has 1 aliphatic heterocycles. The lowest BCUT2D eigenvalue weighted by Gasteiger charge is -2.34. The number of hydrogen-bond acceptors (Lipinski definition) is 3. The van der Waals surface area contributed by atoms with Crippen LogP contribution >= 0.6 is 0 Å². The second kappa shape index (κ2) is 5.87. The summed E-state index contributed by atoms with van der Waals surface area (Å²) < 4.78 is 5.14. The molecular formula is C14H20N2O2. The van der Waals surface area contributed by atoms with Gasteiger partial charge in [0.2, 0.25) is 5.91 Å². The van der Waals surface area contributed by atoms with Crippen LogP contribution in [0.15, 0.2) is 24.3 Å². The monoisotopic (exact) mass is 248 g/mol. The number of anilines is 1. The summed E-state index contributed by atoms with van der Waals surface area (Å²) in [5.74, 6) is 0.916. The van der Waals surface area contributed by atoms with Crippen LogP contribution in [0.5, 0.6) is 5.75 Å². The van der Waals surface area contributed by atoms with E-state index >= 15 is 0 Å². The third kappa shape index (κ3) is 2.82. The Morgan fingerprint density at radius 2 is 1.89 bits per heavy atom. The van der Waals surface area contributed by atoms with Crippen LogP contribution in [-0.2, 0) is 4.79 Å². The number of carbonyl (C=O) groups excluding carboxylic acids is 1. The molecule has 0 bridgehead atoms. The lowest BCUT2D eigenvalue weighted by molar-refractivity contribution is -0.117. The molecule has 18 heavy (non-hydrogen) atoms. The number of hydrogen-bond donors (Lipinski definition) is 1. The van der Waals surface area contributed by atoms with Gasteiger partial charge in [-0.1, -0.05) is 0 Å². The van der Waals surface area contributed by atoms with Gasteiger partial charge in [0, 0.05) is 18.7 Å². The first-order chi connectivity index (χ1) is 8.72.